The summed E-state index contributed by atoms with van der Waals surface area (Å²) in [6, 6.07) is 0. The van der Waals surface area contributed by atoms with Crippen molar-refractivity contribution in [3.8, 4) is 0 Å². The molecule has 1 aliphatic carbocycles. The highest BCUT2D eigenvalue weighted by Gasteiger charge is 2.24. The van der Waals surface area contributed by atoms with Crippen molar-refractivity contribution in [3.63, 3.8) is 0 Å². The number of nitrogen functional groups attached to an aromatic ring is 1. The average Bonchev–Trinajstić information content (AvgIpc) is 2.81. The van der Waals surface area contributed by atoms with Crippen LogP contribution >= 0.6 is 11.3 Å². The lowest BCUT2D eigenvalue weighted by molar-refractivity contribution is -0.142. The number of rotatable bonds is 5. The first-order valence-corrected chi connectivity index (χ1v) is 8.22. The second-order valence-electron chi connectivity index (χ2n) is 5.15. The number of nitrogens with two attached hydrogens (primary N) is 1. The molecule has 1 saturated carbocycles. The van der Waals surface area contributed by atoms with E-state index in [1.165, 1.54) is 17.8 Å². The van der Waals surface area contributed by atoms with Gasteiger partial charge in [0.2, 0.25) is 0 Å². The molecule has 116 valence electrons. The molecule has 2 N–H and O–H groups in total. The molecule has 0 saturated heterocycles. The molecule has 0 aromatic carbocycles. The van der Waals surface area contributed by atoms with Gasteiger partial charge in [0.25, 0.3) is 0 Å². The number of ether oxygens (including phenoxy) is 2. The van der Waals surface area contributed by atoms with Gasteiger partial charge in [-0.1, -0.05) is 6.42 Å². The molecular formula is C15H21NO4S. The third kappa shape index (κ3) is 4.20. The molecular weight excluding hydrogens is 290 g/mol. The maximum absolute atomic E-state index is 12.3. The van der Waals surface area contributed by atoms with E-state index in [-0.39, 0.29) is 18.5 Å². The molecule has 1 aromatic rings. The number of carbonyl (C=O) groups excluding carboxylic acids is 2. The van der Waals surface area contributed by atoms with Crippen LogP contribution in [0.5, 0.6) is 0 Å². The van der Waals surface area contributed by atoms with Crippen molar-refractivity contribution in [3.05, 3.63) is 16.5 Å². The van der Waals surface area contributed by atoms with Crippen molar-refractivity contribution in [2.45, 2.75) is 51.6 Å². The van der Waals surface area contributed by atoms with Gasteiger partial charge >= 0.3 is 11.9 Å². The second-order valence-corrected chi connectivity index (χ2v) is 6.06. The molecule has 1 aromatic heterocycles. The first-order chi connectivity index (χ1) is 10.1. The lowest BCUT2D eigenvalue weighted by atomic mass is 9.98. The van der Waals surface area contributed by atoms with Crippen LogP contribution < -0.4 is 5.73 Å². The molecule has 1 aliphatic rings. The molecule has 2 rings (SSSR count). The molecule has 21 heavy (non-hydrogen) atoms. The minimum Gasteiger partial charge on any atom is -0.466 e. The smallest absolute Gasteiger partial charge is 0.341 e. The Balaban J connectivity index is 2.05. The van der Waals surface area contributed by atoms with Gasteiger partial charge in [-0.25, -0.2) is 4.79 Å². The molecule has 0 atom stereocenters. The fraction of sp³-hybridized carbons (Fsp3) is 0.600. The van der Waals surface area contributed by atoms with Crippen LogP contribution in [0.3, 0.4) is 0 Å². The maximum atomic E-state index is 12.3. The predicted octanol–water partition coefficient (Wildman–Crippen LogP) is 2.93. The van der Waals surface area contributed by atoms with E-state index in [0.29, 0.717) is 22.7 Å². The third-order valence-corrected chi connectivity index (χ3v) is 4.43. The normalized spacial score (nSPS) is 15.7. The number of anilines is 1. The van der Waals surface area contributed by atoms with E-state index in [0.717, 1.165) is 25.7 Å². The van der Waals surface area contributed by atoms with Crippen LogP contribution in [0.1, 0.15) is 54.9 Å². The summed E-state index contributed by atoms with van der Waals surface area (Å²) in [5, 5.41) is 2.12. The largest absolute Gasteiger partial charge is 0.466 e. The van der Waals surface area contributed by atoms with Gasteiger partial charge in [-0.05, 0) is 43.6 Å². The summed E-state index contributed by atoms with van der Waals surface area (Å²) in [6.07, 6.45) is 5.21. The van der Waals surface area contributed by atoms with Gasteiger partial charge in [0.1, 0.15) is 11.1 Å². The topological polar surface area (TPSA) is 78.6 Å². The highest BCUT2D eigenvalue weighted by molar-refractivity contribution is 7.14. The quantitative estimate of drug-likeness (QED) is 0.846. The van der Waals surface area contributed by atoms with Gasteiger partial charge in [0.05, 0.1) is 18.6 Å². The zero-order chi connectivity index (χ0) is 15.2. The molecule has 0 aliphatic heterocycles. The van der Waals surface area contributed by atoms with Crippen LogP contribution in [-0.4, -0.2) is 24.6 Å². The summed E-state index contributed by atoms with van der Waals surface area (Å²) in [5.74, 6) is -0.776. The fourth-order valence-corrected chi connectivity index (χ4v) is 3.34. The van der Waals surface area contributed by atoms with E-state index in [1.54, 1.807) is 12.3 Å². The number of hydrogen-bond acceptors (Lipinski definition) is 6. The number of hydrogen-bond donors (Lipinski definition) is 1. The molecule has 0 bridgehead atoms. The molecule has 5 nitrogen and oxygen atoms in total. The van der Waals surface area contributed by atoms with Gasteiger partial charge in [-0.15, -0.1) is 11.3 Å². The van der Waals surface area contributed by atoms with Crippen LogP contribution in [0.15, 0.2) is 5.38 Å². The first kappa shape index (κ1) is 15.8. The molecule has 1 heterocycles. The van der Waals surface area contributed by atoms with Crippen LogP contribution in [0, 0.1) is 0 Å². The minimum atomic E-state index is -0.417. The van der Waals surface area contributed by atoms with Crippen molar-refractivity contribution in [2.75, 3.05) is 12.3 Å². The van der Waals surface area contributed by atoms with Crippen molar-refractivity contribution >= 4 is 28.3 Å². The predicted molar refractivity (Wildman–Crippen MR) is 81.4 cm³/mol. The molecule has 1 fully saturated rings. The van der Waals surface area contributed by atoms with Gasteiger partial charge in [-0.3, -0.25) is 4.79 Å². The van der Waals surface area contributed by atoms with Gasteiger partial charge in [0.15, 0.2) is 0 Å². The Bertz CT molecular complexity index is 506. The summed E-state index contributed by atoms with van der Waals surface area (Å²) in [6.45, 7) is 2.07. The van der Waals surface area contributed by atoms with Gasteiger partial charge < -0.3 is 15.2 Å². The highest BCUT2D eigenvalue weighted by Crippen LogP contribution is 2.29. The second kappa shape index (κ2) is 7.45. The van der Waals surface area contributed by atoms with E-state index in [9.17, 15) is 9.59 Å². The van der Waals surface area contributed by atoms with Gasteiger partial charge in [-0.2, -0.15) is 0 Å². The molecule has 0 unspecified atom stereocenters. The van der Waals surface area contributed by atoms with E-state index in [1.807, 2.05) is 0 Å². The summed E-state index contributed by atoms with van der Waals surface area (Å²) in [7, 11) is 0. The molecule has 0 radical (unpaired) electrons. The Morgan fingerprint density at radius 2 is 2.05 bits per heavy atom. The number of carbonyl (C=O) groups is 2. The monoisotopic (exact) mass is 311 g/mol. The van der Waals surface area contributed by atoms with Crippen molar-refractivity contribution < 1.29 is 19.1 Å². The first-order valence-electron chi connectivity index (χ1n) is 7.34. The van der Waals surface area contributed by atoms with Crippen molar-refractivity contribution in [2.24, 2.45) is 0 Å². The van der Waals surface area contributed by atoms with Crippen molar-refractivity contribution in [1.29, 1.82) is 0 Å². The summed E-state index contributed by atoms with van der Waals surface area (Å²) >= 11 is 1.25. The summed E-state index contributed by atoms with van der Waals surface area (Å²) in [5.41, 5.74) is 6.79. The lowest BCUT2D eigenvalue weighted by Gasteiger charge is -2.22. The Morgan fingerprint density at radius 3 is 2.71 bits per heavy atom. The Hall–Kier alpha value is -1.56. The van der Waals surface area contributed by atoms with E-state index >= 15 is 0 Å². The Morgan fingerprint density at radius 1 is 1.33 bits per heavy atom. The summed E-state index contributed by atoms with van der Waals surface area (Å²) in [4.78, 5) is 23.9. The van der Waals surface area contributed by atoms with Gasteiger partial charge in [0, 0.05) is 0 Å². The number of esters is 2. The Labute approximate surface area is 128 Å². The minimum absolute atomic E-state index is 0.0269. The maximum Gasteiger partial charge on any atom is 0.341 e. The fourth-order valence-electron chi connectivity index (χ4n) is 2.53. The van der Waals surface area contributed by atoms with Crippen LogP contribution in [-0.2, 0) is 20.7 Å². The van der Waals surface area contributed by atoms with Crippen LogP contribution in [0.25, 0.3) is 0 Å². The van der Waals surface area contributed by atoms with E-state index in [2.05, 4.69) is 0 Å². The van der Waals surface area contributed by atoms with Crippen molar-refractivity contribution in [1.82, 2.24) is 0 Å². The average molecular weight is 311 g/mol. The SMILES string of the molecule is CCOC(=O)Cc1csc(N)c1C(=O)OC1CCCCC1. The van der Waals surface area contributed by atoms with E-state index < -0.39 is 5.97 Å². The molecule has 6 heteroatoms. The van der Waals surface area contributed by atoms with Crippen LogP contribution in [0.4, 0.5) is 5.00 Å². The zero-order valence-corrected chi connectivity index (χ0v) is 13.0. The lowest BCUT2D eigenvalue weighted by Crippen LogP contribution is -2.22. The highest BCUT2D eigenvalue weighted by atomic mass is 32.1. The zero-order valence-electron chi connectivity index (χ0n) is 12.2. The van der Waals surface area contributed by atoms with E-state index in [4.69, 9.17) is 15.2 Å². The summed E-state index contributed by atoms with van der Waals surface area (Å²) < 4.78 is 10.4. The Kier molecular flexibility index (Phi) is 5.61. The molecule has 0 spiro atoms. The third-order valence-electron chi connectivity index (χ3n) is 3.57. The molecule has 0 amide bonds. The number of thiophene rings is 1. The van der Waals surface area contributed by atoms with Crippen LogP contribution in [0.2, 0.25) is 0 Å². The standard InChI is InChI=1S/C15H21NO4S/c1-2-19-12(17)8-10-9-21-14(16)13(10)15(18)20-11-6-4-3-5-7-11/h9,11H,2-8,16H2,1H3.